The number of halogens is 3. The molecule has 0 unspecified atom stereocenters. The topological polar surface area (TPSA) is 131 Å². The van der Waals surface area contributed by atoms with Crippen molar-refractivity contribution in [2.45, 2.75) is 24.9 Å². The number of amides is 2. The summed E-state index contributed by atoms with van der Waals surface area (Å²) in [7, 11) is 1.46. The number of benzene rings is 2. The minimum atomic E-state index is -4.74. The second-order valence-electron chi connectivity index (χ2n) is 8.78. The van der Waals surface area contributed by atoms with Gasteiger partial charge in [-0.15, -0.1) is 0 Å². The van der Waals surface area contributed by atoms with Crippen LogP contribution in [0, 0.1) is 11.8 Å². The molecule has 4 N–H and O–H groups in total. The number of nitrogens with two attached hydrogens (primary N) is 1. The van der Waals surface area contributed by atoms with E-state index < -0.39 is 29.4 Å². The van der Waals surface area contributed by atoms with Crippen molar-refractivity contribution in [3.05, 3.63) is 76.6 Å². The molecule has 2 heterocycles. The van der Waals surface area contributed by atoms with Gasteiger partial charge in [0, 0.05) is 30.4 Å². The van der Waals surface area contributed by atoms with Crippen molar-refractivity contribution in [2.75, 3.05) is 25.5 Å². The largest absolute Gasteiger partial charge is 0.495 e. The highest BCUT2D eigenvalue weighted by Gasteiger charge is 2.35. The number of carboxylic acid groups (broad SMARTS) is 1. The van der Waals surface area contributed by atoms with Crippen LogP contribution in [0.25, 0.3) is 0 Å². The van der Waals surface area contributed by atoms with Crippen molar-refractivity contribution >= 4 is 23.6 Å². The van der Waals surface area contributed by atoms with Crippen LogP contribution in [0.5, 0.6) is 5.75 Å². The molecule has 12 heteroatoms. The Balaban J connectivity index is 1.60. The molecule has 39 heavy (non-hydrogen) atoms. The minimum Gasteiger partial charge on any atom is -0.495 e. The molecule has 202 valence electrons. The number of hydrogen-bond acceptors (Lipinski definition) is 6. The standard InChI is InChI=1S/C27H24F3N5O4/c1-39-23-14-18(17-9-11-35(12-10-17)26(37)38)6-8-22(23)34-25-32-15-20(27(28,29)30)21(33-25)7-5-16-3-2-4-19(13-16)24(31)36/h2-4,6,8,13-15,17H,9-12H2,1H3,(H2,31,36)(H,37,38)(H,32,33,34). The number of alkyl halides is 3. The van der Waals surface area contributed by atoms with E-state index in [-0.39, 0.29) is 17.4 Å². The normalized spacial score (nSPS) is 13.8. The Labute approximate surface area is 221 Å². The van der Waals surface area contributed by atoms with E-state index in [1.54, 1.807) is 12.1 Å². The van der Waals surface area contributed by atoms with Gasteiger partial charge in [0.25, 0.3) is 0 Å². The molecule has 0 spiro atoms. The Morgan fingerprint density at radius 2 is 1.90 bits per heavy atom. The zero-order valence-corrected chi connectivity index (χ0v) is 20.7. The number of aromatic nitrogens is 2. The van der Waals surface area contributed by atoms with Crippen molar-refractivity contribution < 1.29 is 32.6 Å². The summed E-state index contributed by atoms with van der Waals surface area (Å²) in [5.41, 5.74) is 5.45. The van der Waals surface area contributed by atoms with Crippen LogP contribution in [-0.2, 0) is 6.18 Å². The molecule has 0 radical (unpaired) electrons. The smallest absolute Gasteiger partial charge is 0.420 e. The predicted molar refractivity (Wildman–Crippen MR) is 136 cm³/mol. The van der Waals surface area contributed by atoms with Crippen LogP contribution in [0.3, 0.4) is 0 Å². The zero-order chi connectivity index (χ0) is 28.2. The van der Waals surface area contributed by atoms with E-state index in [4.69, 9.17) is 15.6 Å². The summed E-state index contributed by atoms with van der Waals surface area (Å²) < 4.78 is 46.4. The number of piperidine rings is 1. The molecule has 0 atom stereocenters. The number of ether oxygens (including phenoxy) is 1. The summed E-state index contributed by atoms with van der Waals surface area (Å²) in [6, 6.07) is 11.3. The highest BCUT2D eigenvalue weighted by molar-refractivity contribution is 5.93. The van der Waals surface area contributed by atoms with Gasteiger partial charge in [-0.1, -0.05) is 18.1 Å². The van der Waals surface area contributed by atoms with E-state index in [0.717, 1.165) is 5.56 Å². The minimum absolute atomic E-state index is 0.126. The molecule has 1 aliphatic rings. The maximum atomic E-state index is 13.6. The number of methoxy groups -OCH3 is 1. The van der Waals surface area contributed by atoms with E-state index in [1.807, 2.05) is 6.07 Å². The molecule has 9 nitrogen and oxygen atoms in total. The van der Waals surface area contributed by atoms with Gasteiger partial charge in [-0.2, -0.15) is 13.2 Å². The summed E-state index contributed by atoms with van der Waals surface area (Å²) >= 11 is 0. The second-order valence-corrected chi connectivity index (χ2v) is 8.78. The maximum Gasteiger partial charge on any atom is 0.420 e. The number of nitrogens with one attached hydrogen (secondary N) is 1. The van der Waals surface area contributed by atoms with Crippen LogP contribution < -0.4 is 15.8 Å². The molecule has 4 rings (SSSR count). The van der Waals surface area contributed by atoms with Gasteiger partial charge >= 0.3 is 12.3 Å². The number of primary amides is 1. The lowest BCUT2D eigenvalue weighted by Gasteiger charge is -2.30. The van der Waals surface area contributed by atoms with Crippen LogP contribution in [0.4, 0.5) is 29.6 Å². The van der Waals surface area contributed by atoms with E-state index in [2.05, 4.69) is 27.1 Å². The van der Waals surface area contributed by atoms with Crippen LogP contribution in [0.2, 0.25) is 0 Å². The summed E-state index contributed by atoms with van der Waals surface area (Å²) in [6.07, 6.45) is -3.71. The fourth-order valence-electron chi connectivity index (χ4n) is 4.22. The fourth-order valence-corrected chi connectivity index (χ4v) is 4.22. The van der Waals surface area contributed by atoms with Crippen molar-refractivity contribution in [3.63, 3.8) is 0 Å². The molecule has 0 bridgehead atoms. The van der Waals surface area contributed by atoms with Gasteiger partial charge in [-0.3, -0.25) is 4.79 Å². The number of hydrogen-bond donors (Lipinski definition) is 3. The van der Waals surface area contributed by atoms with Crippen LogP contribution in [-0.4, -0.2) is 52.2 Å². The van der Waals surface area contributed by atoms with Crippen molar-refractivity contribution in [2.24, 2.45) is 5.73 Å². The molecule has 2 aromatic carbocycles. The molecule has 1 saturated heterocycles. The molecule has 3 aromatic rings. The summed E-state index contributed by atoms with van der Waals surface area (Å²) in [5.74, 6) is 4.78. The van der Waals surface area contributed by atoms with Gasteiger partial charge in [0.2, 0.25) is 11.9 Å². The Morgan fingerprint density at radius 3 is 2.54 bits per heavy atom. The van der Waals surface area contributed by atoms with E-state index >= 15 is 0 Å². The number of likely N-dealkylation sites (tertiary alicyclic amines) is 1. The van der Waals surface area contributed by atoms with Gasteiger partial charge < -0.3 is 25.8 Å². The molecule has 1 fully saturated rings. The lowest BCUT2D eigenvalue weighted by Crippen LogP contribution is -2.36. The summed E-state index contributed by atoms with van der Waals surface area (Å²) in [5, 5.41) is 12.0. The van der Waals surface area contributed by atoms with Gasteiger partial charge in [-0.25, -0.2) is 14.8 Å². The molecule has 1 aromatic heterocycles. The molecular weight excluding hydrogens is 515 g/mol. The number of carbonyl (C=O) groups excluding carboxylic acids is 1. The van der Waals surface area contributed by atoms with Gasteiger partial charge in [0.1, 0.15) is 17.0 Å². The second kappa shape index (κ2) is 11.3. The lowest BCUT2D eigenvalue weighted by atomic mass is 9.89. The third kappa shape index (κ3) is 6.56. The Bertz CT molecular complexity index is 1460. The average molecular weight is 540 g/mol. The van der Waals surface area contributed by atoms with Crippen LogP contribution >= 0.6 is 0 Å². The Kier molecular flexibility index (Phi) is 7.90. The number of rotatable bonds is 5. The molecule has 0 aliphatic carbocycles. The first kappa shape index (κ1) is 27.3. The highest BCUT2D eigenvalue weighted by Crippen LogP contribution is 2.35. The highest BCUT2D eigenvalue weighted by atomic mass is 19.4. The van der Waals surface area contributed by atoms with Crippen LogP contribution in [0.15, 0.2) is 48.7 Å². The monoisotopic (exact) mass is 539 g/mol. The third-order valence-electron chi connectivity index (χ3n) is 6.28. The number of nitrogens with zero attached hydrogens (tertiary/aromatic N) is 3. The molecular formula is C27H24F3N5O4. The van der Waals surface area contributed by atoms with Gasteiger partial charge in [-0.05, 0) is 60.6 Å². The number of anilines is 2. The van der Waals surface area contributed by atoms with E-state index in [1.165, 1.54) is 36.3 Å². The molecule has 2 amide bonds. The SMILES string of the molecule is COc1cc(C2CCN(C(=O)O)CC2)ccc1Nc1ncc(C(F)(F)F)c(C#Cc2cccc(C(N)=O)c2)n1. The van der Waals surface area contributed by atoms with Crippen molar-refractivity contribution in [1.29, 1.82) is 0 Å². The number of carbonyl (C=O) groups is 2. The van der Waals surface area contributed by atoms with Crippen molar-refractivity contribution in [3.8, 4) is 17.6 Å². The quantitative estimate of drug-likeness (QED) is 0.404. The first-order valence-electron chi connectivity index (χ1n) is 11.8. The third-order valence-corrected chi connectivity index (χ3v) is 6.28. The van der Waals surface area contributed by atoms with Gasteiger partial charge in [0.05, 0.1) is 12.8 Å². The van der Waals surface area contributed by atoms with Crippen molar-refractivity contribution in [1.82, 2.24) is 14.9 Å². The first-order valence-corrected chi connectivity index (χ1v) is 11.8. The fraction of sp³-hybridized carbons (Fsp3) is 0.259. The summed E-state index contributed by atoms with van der Waals surface area (Å²) in [6.45, 7) is 0.858. The average Bonchev–Trinajstić information content (AvgIpc) is 2.91. The molecule has 1 aliphatic heterocycles. The van der Waals surface area contributed by atoms with E-state index in [0.29, 0.717) is 49.1 Å². The van der Waals surface area contributed by atoms with Crippen LogP contribution in [0.1, 0.15) is 51.5 Å². The predicted octanol–water partition coefficient (Wildman–Crippen LogP) is 4.60. The lowest BCUT2D eigenvalue weighted by molar-refractivity contribution is -0.138. The van der Waals surface area contributed by atoms with E-state index in [9.17, 15) is 22.8 Å². The summed E-state index contributed by atoms with van der Waals surface area (Å²) in [4.78, 5) is 31.7. The Morgan fingerprint density at radius 1 is 1.15 bits per heavy atom. The Hall–Kier alpha value is -4.79. The molecule has 0 saturated carbocycles. The zero-order valence-electron chi connectivity index (χ0n) is 20.7. The first-order chi connectivity index (χ1) is 18.5. The maximum absolute atomic E-state index is 13.6. The van der Waals surface area contributed by atoms with Gasteiger partial charge in [0.15, 0.2) is 0 Å².